The van der Waals surface area contributed by atoms with Crippen LogP contribution in [0.15, 0.2) is 24.3 Å². The number of benzene rings is 1. The molecule has 0 radical (unpaired) electrons. The summed E-state index contributed by atoms with van der Waals surface area (Å²) >= 11 is 0. The average Bonchev–Trinajstić information content (AvgIpc) is 2.45. The summed E-state index contributed by atoms with van der Waals surface area (Å²) in [5.74, 6) is 2.54. The Balaban J connectivity index is 2.75. The maximum Gasteiger partial charge on any atom is 0.308 e. The average molecular weight is 289 g/mol. The third-order valence-corrected chi connectivity index (χ3v) is 2.98. The normalized spacial score (nSPS) is 11.8. The summed E-state index contributed by atoms with van der Waals surface area (Å²) in [6.45, 7) is 7.29. The molecule has 0 aromatic heterocycles. The first kappa shape index (κ1) is 16.9. The van der Waals surface area contributed by atoms with Gasteiger partial charge < -0.3 is 14.7 Å². The molecule has 4 heteroatoms. The molecule has 0 amide bonds. The van der Waals surface area contributed by atoms with Crippen LogP contribution in [0.2, 0.25) is 0 Å². The smallest absolute Gasteiger partial charge is 0.308 e. The second-order valence-electron chi connectivity index (χ2n) is 5.52. The van der Waals surface area contributed by atoms with Crippen LogP contribution in [0.5, 0.6) is 5.75 Å². The van der Waals surface area contributed by atoms with Crippen LogP contribution in [0.4, 0.5) is 5.69 Å². The highest BCUT2D eigenvalue weighted by Gasteiger charge is 2.16. The van der Waals surface area contributed by atoms with E-state index in [1.54, 1.807) is 6.92 Å². The fraction of sp³-hybridized carbons (Fsp3) is 0.471. The number of rotatable bonds is 8. The van der Waals surface area contributed by atoms with E-state index in [-0.39, 0.29) is 0 Å². The van der Waals surface area contributed by atoms with Gasteiger partial charge in [0.15, 0.2) is 0 Å². The summed E-state index contributed by atoms with van der Waals surface area (Å²) in [5.41, 5.74) is 0.901. The summed E-state index contributed by atoms with van der Waals surface area (Å²) < 4.78 is 5.63. The lowest BCUT2D eigenvalue weighted by Gasteiger charge is -2.24. The Bertz CT molecular complexity index is 488. The van der Waals surface area contributed by atoms with Crippen LogP contribution in [-0.2, 0) is 4.79 Å². The lowest BCUT2D eigenvalue weighted by Crippen LogP contribution is -2.32. The van der Waals surface area contributed by atoms with Crippen molar-refractivity contribution in [2.24, 2.45) is 11.8 Å². The van der Waals surface area contributed by atoms with Crippen LogP contribution in [0, 0.1) is 24.2 Å². The third-order valence-electron chi connectivity index (χ3n) is 2.98. The molecular formula is C17H23NO3. The van der Waals surface area contributed by atoms with Crippen molar-refractivity contribution in [3.8, 4) is 18.1 Å². The largest absolute Gasteiger partial charge is 0.493 e. The molecule has 0 aliphatic heterocycles. The fourth-order valence-electron chi connectivity index (χ4n) is 1.80. The van der Waals surface area contributed by atoms with Crippen LogP contribution < -0.4 is 9.64 Å². The molecule has 0 heterocycles. The minimum Gasteiger partial charge on any atom is -0.493 e. The lowest BCUT2D eigenvalue weighted by molar-refractivity contribution is -0.140. The molecule has 4 nitrogen and oxygen atoms in total. The van der Waals surface area contributed by atoms with Gasteiger partial charge in [-0.25, -0.2) is 0 Å². The number of hydrogen-bond acceptors (Lipinski definition) is 3. The number of carbonyl (C=O) groups is 1. The monoisotopic (exact) mass is 289 g/mol. The van der Waals surface area contributed by atoms with Crippen molar-refractivity contribution in [3.05, 3.63) is 24.3 Å². The molecule has 0 aliphatic carbocycles. The zero-order chi connectivity index (χ0) is 15.8. The van der Waals surface area contributed by atoms with Gasteiger partial charge in [0, 0.05) is 12.2 Å². The molecule has 114 valence electrons. The highest BCUT2D eigenvalue weighted by molar-refractivity contribution is 5.70. The molecule has 0 spiro atoms. The number of anilines is 1. The Hall–Kier alpha value is -2.15. The Kier molecular flexibility index (Phi) is 6.61. The van der Waals surface area contributed by atoms with Crippen molar-refractivity contribution in [3.63, 3.8) is 0 Å². The molecule has 0 saturated carbocycles. The zero-order valence-corrected chi connectivity index (χ0v) is 12.9. The molecule has 0 fully saturated rings. The maximum atomic E-state index is 11.0. The van der Waals surface area contributed by atoms with Gasteiger partial charge in [0.1, 0.15) is 5.75 Å². The van der Waals surface area contributed by atoms with Crippen LogP contribution in [0.25, 0.3) is 0 Å². The van der Waals surface area contributed by atoms with E-state index in [0.29, 0.717) is 25.6 Å². The third kappa shape index (κ3) is 5.78. The van der Waals surface area contributed by atoms with Gasteiger partial charge >= 0.3 is 5.97 Å². The minimum absolute atomic E-state index is 0.379. The van der Waals surface area contributed by atoms with E-state index in [2.05, 4.69) is 19.8 Å². The highest BCUT2D eigenvalue weighted by atomic mass is 16.5. The van der Waals surface area contributed by atoms with E-state index in [4.69, 9.17) is 16.3 Å². The number of terminal acetylenes is 1. The molecule has 21 heavy (non-hydrogen) atoms. The van der Waals surface area contributed by atoms with Crippen molar-refractivity contribution >= 4 is 11.7 Å². The number of ether oxygens (including phenoxy) is 1. The number of carboxylic acids is 1. The molecular weight excluding hydrogens is 266 g/mol. The Morgan fingerprint density at radius 2 is 1.95 bits per heavy atom. The van der Waals surface area contributed by atoms with Crippen molar-refractivity contribution in [1.82, 2.24) is 0 Å². The topological polar surface area (TPSA) is 49.8 Å². The predicted octanol–water partition coefficient (Wildman–Crippen LogP) is 2.88. The summed E-state index contributed by atoms with van der Waals surface area (Å²) in [7, 11) is 0. The number of nitrogens with zero attached hydrogens (tertiary/aromatic N) is 1. The second-order valence-corrected chi connectivity index (χ2v) is 5.52. The van der Waals surface area contributed by atoms with Crippen LogP contribution in [0.1, 0.15) is 20.8 Å². The molecule has 1 rings (SSSR count). The number of hydrogen-bond donors (Lipinski definition) is 1. The fourth-order valence-corrected chi connectivity index (χ4v) is 1.80. The molecule has 0 aliphatic rings. The van der Waals surface area contributed by atoms with Gasteiger partial charge in [-0.3, -0.25) is 4.79 Å². The quantitative estimate of drug-likeness (QED) is 0.748. The maximum absolute atomic E-state index is 11.0. The van der Waals surface area contributed by atoms with Gasteiger partial charge in [0.2, 0.25) is 0 Å². The zero-order valence-electron chi connectivity index (χ0n) is 12.9. The Labute approximate surface area is 126 Å². The first-order chi connectivity index (χ1) is 9.93. The predicted molar refractivity (Wildman–Crippen MR) is 84.6 cm³/mol. The molecule has 0 saturated heterocycles. The molecule has 1 aromatic rings. The van der Waals surface area contributed by atoms with E-state index in [1.807, 2.05) is 29.2 Å². The van der Waals surface area contributed by atoms with Crippen molar-refractivity contribution in [1.29, 1.82) is 0 Å². The molecule has 0 bridgehead atoms. The van der Waals surface area contributed by atoms with Gasteiger partial charge in [-0.1, -0.05) is 26.7 Å². The van der Waals surface area contributed by atoms with E-state index in [1.165, 1.54) is 0 Å². The highest BCUT2D eigenvalue weighted by Crippen LogP contribution is 2.20. The standard InChI is InChI=1S/C17H23NO3/c1-5-10-18(11-14(4)17(19)20)15-6-8-16(9-7-15)21-12-13(2)3/h1,6-9,13-14H,10-12H2,2-4H3,(H,19,20). The Morgan fingerprint density at radius 1 is 1.33 bits per heavy atom. The first-order valence-corrected chi connectivity index (χ1v) is 7.08. The van der Waals surface area contributed by atoms with E-state index in [9.17, 15) is 4.79 Å². The summed E-state index contributed by atoms with van der Waals surface area (Å²) in [4.78, 5) is 12.9. The van der Waals surface area contributed by atoms with E-state index >= 15 is 0 Å². The summed E-state index contributed by atoms with van der Waals surface area (Å²) in [6.07, 6.45) is 5.37. The molecule has 1 atom stereocenters. The summed E-state index contributed by atoms with van der Waals surface area (Å²) in [6, 6.07) is 7.57. The van der Waals surface area contributed by atoms with Gasteiger partial charge in [0.25, 0.3) is 0 Å². The van der Waals surface area contributed by atoms with Crippen molar-refractivity contribution < 1.29 is 14.6 Å². The summed E-state index contributed by atoms with van der Waals surface area (Å²) in [5, 5.41) is 9.01. The van der Waals surface area contributed by atoms with Gasteiger partial charge in [0.05, 0.1) is 19.1 Å². The molecule has 1 unspecified atom stereocenters. The number of carboxylic acid groups (broad SMARTS) is 1. The number of aliphatic carboxylic acids is 1. The van der Waals surface area contributed by atoms with Gasteiger partial charge in [-0.05, 0) is 30.2 Å². The van der Waals surface area contributed by atoms with E-state index < -0.39 is 11.9 Å². The lowest BCUT2D eigenvalue weighted by atomic mass is 10.1. The molecule has 1 N–H and O–H groups in total. The van der Waals surface area contributed by atoms with Crippen LogP contribution in [0.3, 0.4) is 0 Å². The second kappa shape index (κ2) is 8.21. The van der Waals surface area contributed by atoms with Gasteiger partial charge in [-0.2, -0.15) is 0 Å². The minimum atomic E-state index is -0.825. The Morgan fingerprint density at radius 3 is 2.43 bits per heavy atom. The van der Waals surface area contributed by atoms with Crippen molar-refractivity contribution in [2.75, 3.05) is 24.6 Å². The van der Waals surface area contributed by atoms with E-state index in [0.717, 1.165) is 11.4 Å². The van der Waals surface area contributed by atoms with Gasteiger partial charge in [-0.15, -0.1) is 6.42 Å². The SMILES string of the molecule is C#CCN(CC(C)C(=O)O)c1ccc(OCC(C)C)cc1. The van der Waals surface area contributed by atoms with Crippen molar-refractivity contribution in [2.45, 2.75) is 20.8 Å². The van der Waals surface area contributed by atoms with Crippen LogP contribution >= 0.6 is 0 Å². The first-order valence-electron chi connectivity index (χ1n) is 7.08. The molecule has 1 aromatic carbocycles. The van der Waals surface area contributed by atoms with Crippen LogP contribution in [-0.4, -0.2) is 30.8 Å².